The number of morpholine rings is 1. The molecule has 1 unspecified atom stereocenters. The molecular formula is C15H21N3O4. The summed E-state index contributed by atoms with van der Waals surface area (Å²) in [6.07, 6.45) is 0.387. The SMILES string of the molecule is NC(=O)COc1cccc(CNC(=O)CC2COCCN2)c1. The number of hydrogen-bond acceptors (Lipinski definition) is 5. The van der Waals surface area contributed by atoms with E-state index in [9.17, 15) is 9.59 Å². The van der Waals surface area contributed by atoms with Crippen molar-refractivity contribution in [2.24, 2.45) is 5.73 Å². The number of primary amides is 1. The molecule has 1 aliphatic heterocycles. The number of nitrogens with one attached hydrogen (secondary N) is 2. The van der Waals surface area contributed by atoms with Crippen molar-refractivity contribution in [2.75, 3.05) is 26.4 Å². The lowest BCUT2D eigenvalue weighted by Gasteiger charge is -2.23. The lowest BCUT2D eigenvalue weighted by molar-refractivity contribution is -0.122. The van der Waals surface area contributed by atoms with Gasteiger partial charge in [-0.05, 0) is 17.7 Å². The number of carbonyl (C=O) groups excluding carboxylic acids is 2. The Hall–Kier alpha value is -2.12. The van der Waals surface area contributed by atoms with Crippen LogP contribution in [0.15, 0.2) is 24.3 Å². The highest BCUT2D eigenvalue weighted by atomic mass is 16.5. The first-order valence-corrected chi connectivity index (χ1v) is 7.21. The number of nitrogens with two attached hydrogens (primary N) is 1. The van der Waals surface area contributed by atoms with Gasteiger partial charge in [0.25, 0.3) is 5.91 Å². The van der Waals surface area contributed by atoms with Crippen LogP contribution in [0.5, 0.6) is 5.75 Å². The molecule has 0 bridgehead atoms. The predicted octanol–water partition coefficient (Wildman–Crippen LogP) is -0.455. The Morgan fingerprint density at radius 1 is 1.45 bits per heavy atom. The number of amides is 2. The standard InChI is InChI=1S/C15H21N3O4/c16-14(19)10-22-13-3-1-2-11(6-13)8-18-15(20)7-12-9-21-5-4-17-12/h1-3,6,12,17H,4-5,7-10H2,(H2,16,19)(H,18,20). The molecule has 22 heavy (non-hydrogen) atoms. The molecule has 2 rings (SSSR count). The van der Waals surface area contributed by atoms with Crippen molar-refractivity contribution in [3.05, 3.63) is 29.8 Å². The molecular weight excluding hydrogens is 286 g/mol. The molecule has 1 aliphatic rings. The first kappa shape index (κ1) is 16.3. The van der Waals surface area contributed by atoms with E-state index in [-0.39, 0.29) is 18.6 Å². The predicted molar refractivity (Wildman–Crippen MR) is 80.2 cm³/mol. The van der Waals surface area contributed by atoms with Crippen molar-refractivity contribution in [1.29, 1.82) is 0 Å². The van der Waals surface area contributed by atoms with Crippen LogP contribution in [0.3, 0.4) is 0 Å². The van der Waals surface area contributed by atoms with Crippen molar-refractivity contribution in [1.82, 2.24) is 10.6 Å². The topological polar surface area (TPSA) is 103 Å². The molecule has 1 aromatic carbocycles. The maximum absolute atomic E-state index is 11.9. The van der Waals surface area contributed by atoms with Gasteiger partial charge in [-0.1, -0.05) is 12.1 Å². The molecule has 1 aromatic rings. The van der Waals surface area contributed by atoms with Crippen LogP contribution >= 0.6 is 0 Å². The lowest BCUT2D eigenvalue weighted by atomic mass is 10.1. The van der Waals surface area contributed by atoms with Crippen LogP contribution in [0.4, 0.5) is 0 Å². The highest BCUT2D eigenvalue weighted by Crippen LogP contribution is 2.13. The first-order valence-electron chi connectivity index (χ1n) is 7.21. The van der Waals surface area contributed by atoms with Crippen LogP contribution in [-0.4, -0.2) is 44.2 Å². The van der Waals surface area contributed by atoms with E-state index in [0.717, 1.165) is 12.1 Å². The first-order chi connectivity index (χ1) is 10.6. The fourth-order valence-electron chi connectivity index (χ4n) is 2.15. The average molecular weight is 307 g/mol. The molecule has 7 nitrogen and oxygen atoms in total. The zero-order valence-corrected chi connectivity index (χ0v) is 12.3. The van der Waals surface area contributed by atoms with Crippen molar-refractivity contribution in [2.45, 2.75) is 19.0 Å². The average Bonchev–Trinajstić information content (AvgIpc) is 2.52. The minimum Gasteiger partial charge on any atom is -0.484 e. The quantitative estimate of drug-likeness (QED) is 0.633. The van der Waals surface area contributed by atoms with Crippen molar-refractivity contribution in [3.8, 4) is 5.75 Å². The summed E-state index contributed by atoms with van der Waals surface area (Å²) in [5.74, 6) is -0.0136. The molecule has 0 saturated carbocycles. The summed E-state index contributed by atoms with van der Waals surface area (Å²) in [6.45, 7) is 2.26. The number of hydrogen-bond donors (Lipinski definition) is 3. The van der Waals surface area contributed by atoms with Crippen LogP contribution in [-0.2, 0) is 20.9 Å². The smallest absolute Gasteiger partial charge is 0.255 e. The van der Waals surface area contributed by atoms with Crippen LogP contribution in [0.25, 0.3) is 0 Å². The van der Waals surface area contributed by atoms with Crippen LogP contribution in [0.2, 0.25) is 0 Å². The Morgan fingerprint density at radius 2 is 2.32 bits per heavy atom. The van der Waals surface area contributed by atoms with Gasteiger partial charge in [-0.3, -0.25) is 9.59 Å². The van der Waals surface area contributed by atoms with Crippen molar-refractivity contribution >= 4 is 11.8 Å². The van der Waals surface area contributed by atoms with Gasteiger partial charge in [-0.25, -0.2) is 0 Å². The van der Waals surface area contributed by atoms with E-state index in [4.69, 9.17) is 15.2 Å². The van der Waals surface area contributed by atoms with Gasteiger partial charge in [0.2, 0.25) is 5.91 Å². The minimum atomic E-state index is -0.527. The summed E-state index contributed by atoms with van der Waals surface area (Å²) < 4.78 is 10.5. The zero-order valence-electron chi connectivity index (χ0n) is 12.3. The Balaban J connectivity index is 1.76. The zero-order chi connectivity index (χ0) is 15.8. The van der Waals surface area contributed by atoms with Gasteiger partial charge in [0.1, 0.15) is 5.75 Å². The summed E-state index contributed by atoms with van der Waals surface area (Å²) in [6, 6.07) is 7.25. The van der Waals surface area contributed by atoms with E-state index in [1.54, 1.807) is 18.2 Å². The Bertz CT molecular complexity index is 515. The summed E-state index contributed by atoms with van der Waals surface area (Å²) in [7, 11) is 0. The summed E-state index contributed by atoms with van der Waals surface area (Å²) in [4.78, 5) is 22.6. The Kier molecular flexibility index (Phi) is 6.17. The van der Waals surface area contributed by atoms with Gasteiger partial charge in [-0.2, -0.15) is 0 Å². The molecule has 0 radical (unpaired) electrons. The van der Waals surface area contributed by atoms with Crippen LogP contribution in [0.1, 0.15) is 12.0 Å². The lowest BCUT2D eigenvalue weighted by Crippen LogP contribution is -2.44. The Labute approximate surface area is 129 Å². The second kappa shape index (κ2) is 8.35. The molecule has 0 aromatic heterocycles. The van der Waals surface area contributed by atoms with Crippen LogP contribution in [0, 0.1) is 0 Å². The van der Waals surface area contributed by atoms with Crippen LogP contribution < -0.4 is 21.1 Å². The second-order valence-corrected chi connectivity index (χ2v) is 5.11. The van der Waals surface area contributed by atoms with Gasteiger partial charge >= 0.3 is 0 Å². The van der Waals surface area contributed by atoms with Gasteiger partial charge in [0.15, 0.2) is 6.61 Å². The molecule has 0 spiro atoms. The summed E-state index contributed by atoms with van der Waals surface area (Å²) in [5.41, 5.74) is 5.92. The second-order valence-electron chi connectivity index (χ2n) is 5.11. The molecule has 4 N–H and O–H groups in total. The van der Waals surface area contributed by atoms with E-state index in [1.807, 2.05) is 6.07 Å². The number of rotatable bonds is 7. The third-order valence-corrected chi connectivity index (χ3v) is 3.20. The fourth-order valence-corrected chi connectivity index (χ4v) is 2.15. The summed E-state index contributed by atoms with van der Waals surface area (Å²) >= 11 is 0. The van der Waals surface area contributed by atoms with E-state index >= 15 is 0 Å². The monoisotopic (exact) mass is 307 g/mol. The van der Waals surface area contributed by atoms with E-state index in [0.29, 0.717) is 31.9 Å². The molecule has 1 fully saturated rings. The van der Waals surface area contributed by atoms with Gasteiger partial charge in [0.05, 0.1) is 13.2 Å². The van der Waals surface area contributed by atoms with E-state index in [2.05, 4.69) is 10.6 Å². The molecule has 0 aliphatic carbocycles. The van der Waals surface area contributed by atoms with Gasteiger partial charge in [0, 0.05) is 25.6 Å². The molecule has 1 atom stereocenters. The summed E-state index contributed by atoms with van der Waals surface area (Å²) in [5, 5.41) is 6.09. The normalized spacial score (nSPS) is 17.7. The number of benzene rings is 1. The molecule has 120 valence electrons. The maximum Gasteiger partial charge on any atom is 0.255 e. The largest absolute Gasteiger partial charge is 0.484 e. The van der Waals surface area contributed by atoms with E-state index < -0.39 is 5.91 Å². The fraction of sp³-hybridized carbons (Fsp3) is 0.467. The maximum atomic E-state index is 11.9. The highest BCUT2D eigenvalue weighted by molar-refractivity contribution is 5.76. The molecule has 2 amide bonds. The number of carbonyl (C=O) groups is 2. The van der Waals surface area contributed by atoms with Gasteiger partial charge in [-0.15, -0.1) is 0 Å². The van der Waals surface area contributed by atoms with Crippen molar-refractivity contribution in [3.63, 3.8) is 0 Å². The minimum absolute atomic E-state index is 0.0357. The highest BCUT2D eigenvalue weighted by Gasteiger charge is 2.16. The third-order valence-electron chi connectivity index (χ3n) is 3.20. The third kappa shape index (κ3) is 5.71. The molecule has 7 heteroatoms. The van der Waals surface area contributed by atoms with E-state index in [1.165, 1.54) is 0 Å². The van der Waals surface area contributed by atoms with Gasteiger partial charge < -0.3 is 25.8 Å². The molecule has 1 heterocycles. The van der Waals surface area contributed by atoms with Crippen molar-refractivity contribution < 1.29 is 19.1 Å². The molecule has 1 saturated heterocycles. The number of ether oxygens (including phenoxy) is 2. The Morgan fingerprint density at radius 3 is 3.05 bits per heavy atom.